The third kappa shape index (κ3) is 5.43. The minimum atomic E-state index is -1.00. The van der Waals surface area contributed by atoms with Gasteiger partial charge in [-0.3, -0.25) is 0 Å². The van der Waals surface area contributed by atoms with Crippen LogP contribution < -0.4 is 0 Å². The van der Waals surface area contributed by atoms with E-state index < -0.39 is 11.9 Å². The summed E-state index contributed by atoms with van der Waals surface area (Å²) in [5.41, 5.74) is 0.548. The maximum Gasteiger partial charge on any atom is 0.338 e. The van der Waals surface area contributed by atoms with Crippen molar-refractivity contribution in [2.45, 2.75) is 39.5 Å². The van der Waals surface area contributed by atoms with Crippen molar-refractivity contribution in [2.75, 3.05) is 6.61 Å². The highest BCUT2D eigenvalue weighted by atomic mass is 16.5. The Morgan fingerprint density at radius 2 is 1.75 bits per heavy atom. The summed E-state index contributed by atoms with van der Waals surface area (Å²) in [6.07, 6.45) is 4.25. The number of ether oxygens (including phenoxy) is 1. The first-order valence-corrected chi connectivity index (χ1v) is 7.05. The van der Waals surface area contributed by atoms with E-state index in [-0.39, 0.29) is 5.56 Å². The topological polar surface area (TPSA) is 63.6 Å². The van der Waals surface area contributed by atoms with Gasteiger partial charge in [-0.25, -0.2) is 9.59 Å². The average Bonchev–Trinajstić information content (AvgIpc) is 2.46. The Balaban J connectivity index is 2.30. The van der Waals surface area contributed by atoms with Crippen molar-refractivity contribution in [1.82, 2.24) is 0 Å². The molecular formula is C16H22O4. The van der Waals surface area contributed by atoms with E-state index in [4.69, 9.17) is 9.84 Å². The van der Waals surface area contributed by atoms with Crippen molar-refractivity contribution in [3.8, 4) is 0 Å². The van der Waals surface area contributed by atoms with Crippen LogP contribution in [0.15, 0.2) is 24.3 Å². The summed E-state index contributed by atoms with van der Waals surface area (Å²) in [6.45, 7) is 4.80. The number of carboxylic acids is 1. The molecule has 1 aromatic rings. The molecule has 20 heavy (non-hydrogen) atoms. The normalized spacial score (nSPS) is 11.9. The third-order valence-corrected chi connectivity index (χ3v) is 3.39. The molecule has 0 radical (unpaired) electrons. The van der Waals surface area contributed by atoms with Gasteiger partial charge >= 0.3 is 11.9 Å². The van der Waals surface area contributed by atoms with Gasteiger partial charge in [0.05, 0.1) is 17.7 Å². The van der Waals surface area contributed by atoms with Crippen LogP contribution in [0.2, 0.25) is 0 Å². The van der Waals surface area contributed by atoms with E-state index in [2.05, 4.69) is 13.8 Å². The van der Waals surface area contributed by atoms with E-state index in [1.165, 1.54) is 30.7 Å². The van der Waals surface area contributed by atoms with Crippen LogP contribution in [0.5, 0.6) is 0 Å². The molecule has 4 heteroatoms. The van der Waals surface area contributed by atoms with E-state index in [1.54, 1.807) is 0 Å². The molecule has 1 atom stereocenters. The van der Waals surface area contributed by atoms with Crippen molar-refractivity contribution in [1.29, 1.82) is 0 Å². The van der Waals surface area contributed by atoms with Crippen LogP contribution >= 0.6 is 0 Å². The predicted molar refractivity (Wildman–Crippen MR) is 77.0 cm³/mol. The van der Waals surface area contributed by atoms with Gasteiger partial charge in [0.2, 0.25) is 0 Å². The maximum atomic E-state index is 11.7. The number of aromatic carboxylic acids is 1. The van der Waals surface area contributed by atoms with Crippen LogP contribution in [0.1, 0.15) is 60.2 Å². The summed E-state index contributed by atoms with van der Waals surface area (Å²) in [7, 11) is 0. The SMILES string of the molecule is CCC(C)CCCCOC(=O)c1ccc(C(=O)O)cc1. The Bertz CT molecular complexity index is 436. The molecule has 1 unspecified atom stereocenters. The molecule has 110 valence electrons. The zero-order valence-electron chi connectivity index (χ0n) is 12.1. The largest absolute Gasteiger partial charge is 0.478 e. The lowest BCUT2D eigenvalue weighted by molar-refractivity contribution is 0.0495. The third-order valence-electron chi connectivity index (χ3n) is 3.39. The fourth-order valence-corrected chi connectivity index (χ4v) is 1.80. The molecule has 0 saturated carbocycles. The summed E-state index contributed by atoms with van der Waals surface area (Å²) >= 11 is 0. The van der Waals surface area contributed by atoms with Gasteiger partial charge in [-0.05, 0) is 43.0 Å². The molecule has 0 aliphatic heterocycles. The van der Waals surface area contributed by atoms with Crippen molar-refractivity contribution in [3.05, 3.63) is 35.4 Å². The van der Waals surface area contributed by atoms with Crippen molar-refractivity contribution in [3.63, 3.8) is 0 Å². The molecule has 0 spiro atoms. The van der Waals surface area contributed by atoms with Crippen LogP contribution in [-0.4, -0.2) is 23.7 Å². The van der Waals surface area contributed by atoms with Gasteiger partial charge in [-0.1, -0.05) is 26.7 Å². The molecule has 1 rings (SSSR count). The first-order valence-electron chi connectivity index (χ1n) is 7.05. The second-order valence-electron chi connectivity index (χ2n) is 5.03. The van der Waals surface area contributed by atoms with E-state index in [1.807, 2.05) is 0 Å². The Morgan fingerprint density at radius 3 is 2.30 bits per heavy atom. The molecule has 0 aliphatic rings. The van der Waals surface area contributed by atoms with E-state index >= 15 is 0 Å². The number of rotatable bonds is 8. The molecule has 4 nitrogen and oxygen atoms in total. The van der Waals surface area contributed by atoms with Gasteiger partial charge in [0.1, 0.15) is 0 Å². The highest BCUT2D eigenvalue weighted by Crippen LogP contribution is 2.11. The number of benzene rings is 1. The van der Waals surface area contributed by atoms with Gasteiger partial charge < -0.3 is 9.84 Å². The fourth-order valence-electron chi connectivity index (χ4n) is 1.80. The average molecular weight is 278 g/mol. The molecule has 0 heterocycles. The zero-order chi connectivity index (χ0) is 15.0. The van der Waals surface area contributed by atoms with E-state index in [0.717, 1.165) is 19.3 Å². The molecule has 1 N–H and O–H groups in total. The molecule has 0 aromatic heterocycles. The van der Waals surface area contributed by atoms with Crippen molar-refractivity contribution >= 4 is 11.9 Å². The molecule has 0 bridgehead atoms. The summed E-state index contributed by atoms with van der Waals surface area (Å²) in [6, 6.07) is 5.76. The lowest BCUT2D eigenvalue weighted by Crippen LogP contribution is -2.07. The van der Waals surface area contributed by atoms with Crippen LogP contribution in [0.3, 0.4) is 0 Å². The lowest BCUT2D eigenvalue weighted by atomic mass is 10.0. The van der Waals surface area contributed by atoms with Crippen molar-refractivity contribution in [2.24, 2.45) is 5.92 Å². The first-order chi connectivity index (χ1) is 9.54. The Labute approximate surface area is 119 Å². The van der Waals surface area contributed by atoms with E-state index in [0.29, 0.717) is 18.1 Å². The minimum absolute atomic E-state index is 0.162. The number of hydrogen-bond donors (Lipinski definition) is 1. The number of esters is 1. The maximum absolute atomic E-state index is 11.7. The standard InChI is InChI=1S/C16H22O4/c1-3-12(2)6-4-5-11-20-16(19)14-9-7-13(8-10-14)15(17)18/h7-10,12H,3-6,11H2,1-2H3,(H,17,18). The highest BCUT2D eigenvalue weighted by Gasteiger charge is 2.09. The second kappa shape index (κ2) is 8.35. The first kappa shape index (κ1) is 16.2. The molecular weight excluding hydrogens is 256 g/mol. The zero-order valence-corrected chi connectivity index (χ0v) is 12.1. The fraction of sp³-hybridized carbons (Fsp3) is 0.500. The number of carbonyl (C=O) groups is 2. The van der Waals surface area contributed by atoms with Gasteiger partial charge in [-0.2, -0.15) is 0 Å². The van der Waals surface area contributed by atoms with Crippen LogP contribution in [0, 0.1) is 5.92 Å². The number of hydrogen-bond acceptors (Lipinski definition) is 3. The quantitative estimate of drug-likeness (QED) is 0.581. The number of carboxylic acid groups (broad SMARTS) is 1. The Hall–Kier alpha value is -1.84. The minimum Gasteiger partial charge on any atom is -0.478 e. The molecule has 1 aromatic carbocycles. The summed E-state index contributed by atoms with van der Waals surface area (Å²) in [5.74, 6) is -0.685. The van der Waals surface area contributed by atoms with Gasteiger partial charge in [0.25, 0.3) is 0 Å². The summed E-state index contributed by atoms with van der Waals surface area (Å²) in [5, 5.41) is 8.76. The van der Waals surface area contributed by atoms with Crippen LogP contribution in [-0.2, 0) is 4.74 Å². The van der Waals surface area contributed by atoms with Gasteiger partial charge in [0, 0.05) is 0 Å². The monoisotopic (exact) mass is 278 g/mol. The molecule has 0 saturated heterocycles. The summed E-state index contributed by atoms with van der Waals surface area (Å²) < 4.78 is 5.16. The van der Waals surface area contributed by atoms with Crippen LogP contribution in [0.4, 0.5) is 0 Å². The van der Waals surface area contributed by atoms with Gasteiger partial charge in [0.15, 0.2) is 0 Å². The Kier molecular flexibility index (Phi) is 6.77. The smallest absolute Gasteiger partial charge is 0.338 e. The summed E-state index contributed by atoms with van der Waals surface area (Å²) in [4.78, 5) is 22.4. The molecule has 0 amide bonds. The van der Waals surface area contributed by atoms with Crippen molar-refractivity contribution < 1.29 is 19.4 Å². The predicted octanol–water partition coefficient (Wildman–Crippen LogP) is 3.76. The highest BCUT2D eigenvalue weighted by molar-refractivity contribution is 5.92. The molecule has 0 fully saturated rings. The van der Waals surface area contributed by atoms with Crippen LogP contribution in [0.25, 0.3) is 0 Å². The number of unbranched alkanes of at least 4 members (excludes halogenated alkanes) is 1. The number of carbonyl (C=O) groups excluding carboxylic acids is 1. The molecule has 0 aliphatic carbocycles. The lowest BCUT2D eigenvalue weighted by Gasteiger charge is -2.08. The van der Waals surface area contributed by atoms with E-state index in [9.17, 15) is 9.59 Å². The Morgan fingerprint density at radius 1 is 1.15 bits per heavy atom. The van der Waals surface area contributed by atoms with Gasteiger partial charge in [-0.15, -0.1) is 0 Å². The second-order valence-corrected chi connectivity index (χ2v) is 5.03.